The van der Waals surface area contributed by atoms with Crippen LogP contribution in [0.25, 0.3) is 77.2 Å². The normalized spacial score (nSPS) is 12.9. The predicted molar refractivity (Wildman–Crippen MR) is 240 cm³/mol. The van der Waals surface area contributed by atoms with Crippen molar-refractivity contribution in [2.45, 2.75) is 19.3 Å². The van der Waals surface area contributed by atoms with E-state index in [1.54, 1.807) is 0 Å². The molecule has 0 bridgehead atoms. The first-order chi connectivity index (χ1) is 28.0. The first-order valence-corrected chi connectivity index (χ1v) is 19.8. The lowest BCUT2D eigenvalue weighted by Crippen LogP contribution is -2.14. The Hall–Kier alpha value is -7.16. The van der Waals surface area contributed by atoms with Gasteiger partial charge < -0.3 is 9.32 Å². The SMILES string of the molecule is CC1(C)c2ccccc2-c2c(-c3ccc(N(c4ccc(-c5cccc6ccccc56)cc4)c4ccccc4-c4cccc5c4oc4ccccc45)cc3)cccc21. The molecule has 1 aromatic heterocycles. The molecule has 0 saturated heterocycles. The van der Waals surface area contributed by atoms with Gasteiger partial charge in [-0.3, -0.25) is 0 Å². The van der Waals surface area contributed by atoms with Crippen molar-refractivity contribution in [3.05, 3.63) is 211 Å². The van der Waals surface area contributed by atoms with Crippen LogP contribution < -0.4 is 4.90 Å². The molecule has 0 N–H and O–H groups in total. The van der Waals surface area contributed by atoms with Crippen LogP contribution in [0.1, 0.15) is 25.0 Å². The summed E-state index contributed by atoms with van der Waals surface area (Å²) in [7, 11) is 0. The number of hydrogen-bond donors (Lipinski definition) is 0. The highest BCUT2D eigenvalue weighted by molar-refractivity contribution is 6.11. The lowest BCUT2D eigenvalue weighted by Gasteiger charge is -2.28. The second-order valence-electron chi connectivity index (χ2n) is 15.7. The third kappa shape index (κ3) is 5.25. The van der Waals surface area contributed by atoms with E-state index >= 15 is 0 Å². The van der Waals surface area contributed by atoms with E-state index in [1.807, 2.05) is 6.07 Å². The highest BCUT2D eigenvalue weighted by atomic mass is 16.3. The van der Waals surface area contributed by atoms with Gasteiger partial charge in [0.1, 0.15) is 11.2 Å². The molecule has 0 atom stereocenters. The molecule has 1 aliphatic carbocycles. The standard InChI is InChI=1S/C55H39NO/c1-55(2)49-24-8-5-19-48(49)53-43(21-13-25-50(53)55)38-30-34-40(35-31-38)56(39-32-28-37(29-33-39)42-20-11-15-36-14-3-4-16-41(36)42)51-26-9-6-17-44(51)46-22-12-23-47-45-18-7-10-27-52(45)57-54(46)47/h3-35H,1-2H3. The van der Waals surface area contributed by atoms with Gasteiger partial charge in [0.15, 0.2) is 0 Å². The van der Waals surface area contributed by atoms with Crippen molar-refractivity contribution in [2.75, 3.05) is 4.90 Å². The van der Waals surface area contributed by atoms with Crippen molar-refractivity contribution in [3.63, 3.8) is 0 Å². The highest BCUT2D eigenvalue weighted by Crippen LogP contribution is 2.52. The number of para-hydroxylation sites is 3. The van der Waals surface area contributed by atoms with E-state index in [0.29, 0.717) is 0 Å². The van der Waals surface area contributed by atoms with Crippen molar-refractivity contribution in [2.24, 2.45) is 0 Å². The zero-order valence-corrected chi connectivity index (χ0v) is 31.9. The van der Waals surface area contributed by atoms with Crippen LogP contribution in [0.5, 0.6) is 0 Å². The molecule has 0 fully saturated rings. The van der Waals surface area contributed by atoms with Gasteiger partial charge in [0.05, 0.1) is 5.69 Å². The average molecular weight is 730 g/mol. The molecule has 270 valence electrons. The summed E-state index contributed by atoms with van der Waals surface area (Å²) in [6, 6.07) is 72.5. The maximum absolute atomic E-state index is 6.61. The van der Waals surface area contributed by atoms with Gasteiger partial charge in [0, 0.05) is 38.7 Å². The summed E-state index contributed by atoms with van der Waals surface area (Å²) in [5.41, 5.74) is 17.5. The zero-order valence-electron chi connectivity index (χ0n) is 31.9. The Morgan fingerprint density at radius 2 is 0.912 bits per heavy atom. The van der Waals surface area contributed by atoms with E-state index in [2.05, 4.69) is 213 Å². The quantitative estimate of drug-likeness (QED) is 0.169. The molecule has 0 unspecified atom stereocenters. The number of nitrogens with zero attached hydrogens (tertiary/aromatic N) is 1. The van der Waals surface area contributed by atoms with Crippen LogP contribution in [0.3, 0.4) is 0 Å². The minimum atomic E-state index is -0.0523. The fourth-order valence-corrected chi connectivity index (χ4v) is 9.34. The van der Waals surface area contributed by atoms with Gasteiger partial charge in [0.25, 0.3) is 0 Å². The molecule has 11 rings (SSSR count). The molecule has 2 nitrogen and oxygen atoms in total. The lowest BCUT2D eigenvalue weighted by atomic mass is 9.82. The Morgan fingerprint density at radius 3 is 1.72 bits per heavy atom. The van der Waals surface area contributed by atoms with Gasteiger partial charge in [-0.2, -0.15) is 0 Å². The number of fused-ring (bicyclic) bond motifs is 7. The Kier molecular flexibility index (Phi) is 7.55. The van der Waals surface area contributed by atoms with Crippen molar-refractivity contribution in [1.29, 1.82) is 0 Å². The highest BCUT2D eigenvalue weighted by Gasteiger charge is 2.36. The Bertz CT molecular complexity index is 3140. The molecule has 0 spiro atoms. The van der Waals surface area contributed by atoms with E-state index in [9.17, 15) is 0 Å². The number of anilines is 3. The summed E-state index contributed by atoms with van der Waals surface area (Å²) >= 11 is 0. The minimum absolute atomic E-state index is 0.0523. The molecular formula is C55H39NO. The van der Waals surface area contributed by atoms with Crippen LogP contribution in [0.15, 0.2) is 205 Å². The molecule has 2 heteroatoms. The molecule has 57 heavy (non-hydrogen) atoms. The molecule has 9 aromatic carbocycles. The van der Waals surface area contributed by atoms with Crippen LogP contribution in [0, 0.1) is 0 Å². The molecule has 1 aliphatic rings. The molecule has 0 saturated carbocycles. The number of benzene rings is 9. The zero-order chi connectivity index (χ0) is 38.1. The first kappa shape index (κ1) is 33.2. The van der Waals surface area contributed by atoms with Crippen molar-refractivity contribution in [1.82, 2.24) is 0 Å². The lowest BCUT2D eigenvalue weighted by molar-refractivity contribution is 0.660. The Morgan fingerprint density at radius 1 is 0.386 bits per heavy atom. The fraction of sp³-hybridized carbons (Fsp3) is 0.0545. The van der Waals surface area contributed by atoms with Gasteiger partial charge >= 0.3 is 0 Å². The molecule has 1 heterocycles. The number of hydrogen-bond acceptors (Lipinski definition) is 2. The number of furan rings is 1. The largest absolute Gasteiger partial charge is 0.455 e. The van der Waals surface area contributed by atoms with Crippen LogP contribution in [-0.4, -0.2) is 0 Å². The van der Waals surface area contributed by atoms with Crippen LogP contribution >= 0.6 is 0 Å². The van der Waals surface area contributed by atoms with E-state index in [4.69, 9.17) is 4.42 Å². The van der Waals surface area contributed by atoms with Gasteiger partial charge in [-0.05, 0) is 91.7 Å². The van der Waals surface area contributed by atoms with Gasteiger partial charge in [0.2, 0.25) is 0 Å². The van der Waals surface area contributed by atoms with Gasteiger partial charge in [-0.25, -0.2) is 0 Å². The van der Waals surface area contributed by atoms with E-state index < -0.39 is 0 Å². The van der Waals surface area contributed by atoms with Crippen molar-refractivity contribution < 1.29 is 4.42 Å². The third-order valence-electron chi connectivity index (χ3n) is 12.1. The smallest absolute Gasteiger partial charge is 0.143 e. The van der Waals surface area contributed by atoms with E-state index in [1.165, 1.54) is 55.3 Å². The summed E-state index contributed by atoms with van der Waals surface area (Å²) in [6.45, 7) is 4.69. The summed E-state index contributed by atoms with van der Waals surface area (Å²) in [4.78, 5) is 2.39. The monoisotopic (exact) mass is 729 g/mol. The minimum Gasteiger partial charge on any atom is -0.455 e. The van der Waals surface area contributed by atoms with E-state index in [0.717, 1.165) is 50.1 Å². The molecular weight excluding hydrogens is 691 g/mol. The molecule has 0 radical (unpaired) electrons. The molecule has 10 aromatic rings. The van der Waals surface area contributed by atoms with E-state index in [-0.39, 0.29) is 5.41 Å². The number of rotatable bonds is 6. The average Bonchev–Trinajstić information content (AvgIpc) is 3.76. The first-order valence-electron chi connectivity index (χ1n) is 19.8. The molecule has 0 amide bonds. The fourth-order valence-electron chi connectivity index (χ4n) is 9.34. The Balaban J connectivity index is 1.07. The van der Waals surface area contributed by atoms with Gasteiger partial charge in [-0.15, -0.1) is 0 Å². The van der Waals surface area contributed by atoms with Crippen LogP contribution in [0.4, 0.5) is 17.1 Å². The third-order valence-corrected chi connectivity index (χ3v) is 12.1. The van der Waals surface area contributed by atoms with Crippen molar-refractivity contribution >= 4 is 49.8 Å². The summed E-state index contributed by atoms with van der Waals surface area (Å²) in [5.74, 6) is 0. The summed E-state index contributed by atoms with van der Waals surface area (Å²) in [6.07, 6.45) is 0. The topological polar surface area (TPSA) is 16.4 Å². The van der Waals surface area contributed by atoms with Crippen LogP contribution in [-0.2, 0) is 5.41 Å². The Labute approximate surface area is 332 Å². The van der Waals surface area contributed by atoms with Crippen LogP contribution in [0.2, 0.25) is 0 Å². The predicted octanol–water partition coefficient (Wildman–Crippen LogP) is 15.5. The molecule has 0 aliphatic heterocycles. The second-order valence-corrected chi connectivity index (χ2v) is 15.7. The van der Waals surface area contributed by atoms with Crippen molar-refractivity contribution in [3.8, 4) is 44.5 Å². The second kappa shape index (κ2) is 13.0. The summed E-state index contributed by atoms with van der Waals surface area (Å²) < 4.78 is 6.61. The summed E-state index contributed by atoms with van der Waals surface area (Å²) in [5, 5.41) is 4.74. The maximum Gasteiger partial charge on any atom is 0.143 e. The van der Waals surface area contributed by atoms with Gasteiger partial charge in [-0.1, -0.05) is 178 Å². The maximum atomic E-state index is 6.61.